The molecule has 0 N–H and O–H groups in total. The molecule has 2 aromatic rings. The molecule has 1 heterocycles. The van der Waals surface area contributed by atoms with Crippen LogP contribution in [0.15, 0.2) is 47.4 Å². The average Bonchev–Trinajstić information content (AvgIpc) is 2.90. The second kappa shape index (κ2) is 7.81. The molecule has 1 aliphatic rings. The molecule has 1 aliphatic heterocycles. The van der Waals surface area contributed by atoms with E-state index in [0.717, 1.165) is 16.7 Å². The van der Waals surface area contributed by atoms with Crippen LogP contribution in [0.3, 0.4) is 0 Å². The number of halogens is 1. The molecule has 0 atom stereocenters. The van der Waals surface area contributed by atoms with Crippen molar-refractivity contribution in [1.29, 1.82) is 0 Å². The maximum absolute atomic E-state index is 12.7. The summed E-state index contributed by atoms with van der Waals surface area (Å²) in [6, 6.07) is 11.0. The summed E-state index contributed by atoms with van der Waals surface area (Å²) in [5, 5.41) is 11.0. The van der Waals surface area contributed by atoms with E-state index in [1.165, 1.54) is 31.4 Å². The van der Waals surface area contributed by atoms with Gasteiger partial charge >= 0.3 is 0 Å². The molecule has 3 rings (SSSR count). The summed E-state index contributed by atoms with van der Waals surface area (Å²) in [4.78, 5) is 36.6. The van der Waals surface area contributed by atoms with Gasteiger partial charge in [-0.2, -0.15) is 0 Å². The number of imide groups is 1. The van der Waals surface area contributed by atoms with Gasteiger partial charge in [0.25, 0.3) is 16.8 Å². The number of benzene rings is 2. The van der Waals surface area contributed by atoms with Gasteiger partial charge in [0.15, 0.2) is 0 Å². The molecule has 138 valence electrons. The lowest BCUT2D eigenvalue weighted by atomic mass is 10.1. The number of non-ortho nitro benzene ring substituents is 1. The van der Waals surface area contributed by atoms with Crippen molar-refractivity contribution in [2.75, 3.05) is 7.11 Å². The van der Waals surface area contributed by atoms with Gasteiger partial charge in [-0.05, 0) is 35.5 Å². The lowest BCUT2D eigenvalue weighted by Gasteiger charge is -2.13. The Morgan fingerprint density at radius 1 is 1.26 bits per heavy atom. The van der Waals surface area contributed by atoms with Crippen LogP contribution in [-0.4, -0.2) is 28.1 Å². The largest absolute Gasteiger partial charge is 0.496 e. The Balaban J connectivity index is 1.92. The van der Waals surface area contributed by atoms with E-state index in [1.54, 1.807) is 24.3 Å². The summed E-state index contributed by atoms with van der Waals surface area (Å²) in [7, 11) is 1.42. The van der Waals surface area contributed by atoms with Gasteiger partial charge in [-0.25, -0.2) is 0 Å². The van der Waals surface area contributed by atoms with Gasteiger partial charge in [-0.3, -0.25) is 24.6 Å². The minimum Gasteiger partial charge on any atom is -0.496 e. The zero-order valence-electron chi connectivity index (χ0n) is 14.0. The Labute approximate surface area is 163 Å². The fourth-order valence-corrected chi connectivity index (χ4v) is 3.55. The number of hydrogen-bond acceptors (Lipinski definition) is 6. The van der Waals surface area contributed by atoms with Crippen LogP contribution in [-0.2, 0) is 11.3 Å². The first-order chi connectivity index (χ1) is 12.9. The van der Waals surface area contributed by atoms with E-state index in [4.69, 9.17) is 16.3 Å². The fraction of sp³-hybridized carbons (Fsp3) is 0.111. The van der Waals surface area contributed by atoms with Gasteiger partial charge in [0.2, 0.25) is 0 Å². The molecule has 27 heavy (non-hydrogen) atoms. The predicted molar refractivity (Wildman–Crippen MR) is 103 cm³/mol. The third-order valence-corrected chi connectivity index (χ3v) is 5.15. The van der Waals surface area contributed by atoms with E-state index in [2.05, 4.69) is 0 Å². The molecule has 2 amide bonds. The number of nitro benzene ring substituents is 1. The van der Waals surface area contributed by atoms with Crippen molar-refractivity contribution in [3.05, 3.63) is 73.6 Å². The highest BCUT2D eigenvalue weighted by Crippen LogP contribution is 2.36. The minimum atomic E-state index is -0.542. The molecule has 1 fully saturated rings. The quantitative estimate of drug-likeness (QED) is 0.414. The van der Waals surface area contributed by atoms with Gasteiger partial charge in [0, 0.05) is 22.7 Å². The SMILES string of the molecule is COc1ccc([N+](=O)[O-])cc1/C=C1\SC(=O)N(Cc2ccccc2Cl)C1=O. The van der Waals surface area contributed by atoms with Crippen LogP contribution < -0.4 is 4.74 Å². The molecule has 0 aliphatic carbocycles. The van der Waals surface area contributed by atoms with Crippen molar-refractivity contribution < 1.29 is 19.2 Å². The van der Waals surface area contributed by atoms with Gasteiger partial charge in [-0.1, -0.05) is 29.8 Å². The molecule has 7 nitrogen and oxygen atoms in total. The number of methoxy groups -OCH3 is 1. The number of nitrogens with zero attached hydrogens (tertiary/aromatic N) is 2. The number of nitro groups is 1. The molecule has 0 saturated carbocycles. The van der Waals surface area contributed by atoms with Crippen LogP contribution in [0, 0.1) is 10.1 Å². The second-order valence-corrected chi connectivity index (χ2v) is 6.94. The number of carbonyl (C=O) groups is 2. The Morgan fingerprint density at radius 2 is 2.00 bits per heavy atom. The molecular weight excluding hydrogens is 392 g/mol. The molecule has 0 radical (unpaired) electrons. The molecule has 9 heteroatoms. The van der Waals surface area contributed by atoms with E-state index in [-0.39, 0.29) is 17.1 Å². The lowest BCUT2D eigenvalue weighted by Crippen LogP contribution is -2.27. The second-order valence-electron chi connectivity index (χ2n) is 5.54. The van der Waals surface area contributed by atoms with Crippen molar-refractivity contribution in [3.8, 4) is 5.75 Å². The van der Waals surface area contributed by atoms with Crippen molar-refractivity contribution in [3.63, 3.8) is 0 Å². The topological polar surface area (TPSA) is 89.8 Å². The van der Waals surface area contributed by atoms with E-state index in [1.807, 2.05) is 0 Å². The highest BCUT2D eigenvalue weighted by Gasteiger charge is 2.35. The first-order valence-electron chi connectivity index (χ1n) is 7.72. The molecule has 2 aromatic carbocycles. The van der Waals surface area contributed by atoms with E-state index in [0.29, 0.717) is 21.9 Å². The normalized spacial score (nSPS) is 15.5. The van der Waals surface area contributed by atoms with Crippen LogP contribution in [0.5, 0.6) is 5.75 Å². The maximum atomic E-state index is 12.7. The molecular formula is C18H13ClN2O5S. The molecule has 0 bridgehead atoms. The van der Waals surface area contributed by atoms with Gasteiger partial charge in [0.05, 0.1) is 23.5 Å². The lowest BCUT2D eigenvalue weighted by molar-refractivity contribution is -0.384. The summed E-state index contributed by atoms with van der Waals surface area (Å²) >= 11 is 6.87. The monoisotopic (exact) mass is 404 g/mol. The third-order valence-electron chi connectivity index (χ3n) is 3.87. The molecule has 1 saturated heterocycles. The summed E-state index contributed by atoms with van der Waals surface area (Å²) in [6.07, 6.45) is 1.42. The van der Waals surface area contributed by atoms with Gasteiger partial charge < -0.3 is 4.74 Å². The summed E-state index contributed by atoms with van der Waals surface area (Å²) in [5.41, 5.74) is 0.850. The Kier molecular flexibility index (Phi) is 5.48. The minimum absolute atomic E-state index is 0.0494. The highest BCUT2D eigenvalue weighted by atomic mass is 35.5. The number of amides is 2. The average molecular weight is 405 g/mol. The van der Waals surface area contributed by atoms with Crippen molar-refractivity contribution in [2.24, 2.45) is 0 Å². The Morgan fingerprint density at radius 3 is 2.67 bits per heavy atom. The fourth-order valence-electron chi connectivity index (χ4n) is 2.52. The third kappa shape index (κ3) is 3.96. The first kappa shape index (κ1) is 18.9. The Bertz CT molecular complexity index is 976. The number of hydrogen-bond donors (Lipinski definition) is 0. The Hall–Kier alpha value is -2.84. The van der Waals surface area contributed by atoms with Gasteiger partial charge in [-0.15, -0.1) is 0 Å². The van der Waals surface area contributed by atoms with Crippen molar-refractivity contribution in [1.82, 2.24) is 4.90 Å². The van der Waals surface area contributed by atoms with Crippen molar-refractivity contribution in [2.45, 2.75) is 6.54 Å². The number of carbonyl (C=O) groups excluding carboxylic acids is 2. The van der Waals surface area contributed by atoms with Crippen LogP contribution >= 0.6 is 23.4 Å². The van der Waals surface area contributed by atoms with E-state index in [9.17, 15) is 19.7 Å². The maximum Gasteiger partial charge on any atom is 0.293 e. The summed E-state index contributed by atoms with van der Waals surface area (Å²) < 4.78 is 5.19. The highest BCUT2D eigenvalue weighted by molar-refractivity contribution is 8.18. The zero-order chi connectivity index (χ0) is 19.6. The summed E-state index contributed by atoms with van der Waals surface area (Å²) in [6.45, 7) is 0.0494. The van der Waals surface area contributed by atoms with Crippen LogP contribution in [0.1, 0.15) is 11.1 Å². The number of rotatable bonds is 5. The zero-order valence-corrected chi connectivity index (χ0v) is 15.6. The predicted octanol–water partition coefficient (Wildman–Crippen LogP) is 4.49. The van der Waals surface area contributed by atoms with Gasteiger partial charge in [0.1, 0.15) is 5.75 Å². The number of ether oxygens (including phenoxy) is 1. The number of thioether (sulfide) groups is 1. The van der Waals surface area contributed by atoms with Crippen LogP contribution in [0.25, 0.3) is 6.08 Å². The molecule has 0 spiro atoms. The molecule has 0 aromatic heterocycles. The van der Waals surface area contributed by atoms with Crippen molar-refractivity contribution >= 4 is 46.3 Å². The summed E-state index contributed by atoms with van der Waals surface area (Å²) in [5.74, 6) is -0.128. The standard InChI is InChI=1S/C18H13ClN2O5S/c1-26-15-7-6-13(21(24)25)8-12(15)9-16-17(22)20(18(23)27-16)10-11-4-2-3-5-14(11)19/h2-9H,10H2,1H3/b16-9-. The van der Waals surface area contributed by atoms with Crippen LogP contribution in [0.4, 0.5) is 10.5 Å². The smallest absolute Gasteiger partial charge is 0.293 e. The van der Waals surface area contributed by atoms with E-state index < -0.39 is 16.1 Å². The van der Waals surface area contributed by atoms with E-state index >= 15 is 0 Å². The van der Waals surface area contributed by atoms with Crippen LogP contribution in [0.2, 0.25) is 5.02 Å². The first-order valence-corrected chi connectivity index (χ1v) is 8.91. The molecule has 0 unspecified atom stereocenters.